The van der Waals surface area contributed by atoms with Crippen LogP contribution in [0.1, 0.15) is 37.4 Å². The van der Waals surface area contributed by atoms with Crippen molar-refractivity contribution in [1.82, 2.24) is 19.4 Å². The van der Waals surface area contributed by atoms with E-state index in [4.69, 9.17) is 4.74 Å². The van der Waals surface area contributed by atoms with Crippen molar-refractivity contribution >= 4 is 16.8 Å². The minimum absolute atomic E-state index is 0.00658. The van der Waals surface area contributed by atoms with Crippen LogP contribution in [0.5, 0.6) is 5.75 Å². The molecule has 7 nitrogen and oxygen atoms in total. The van der Waals surface area contributed by atoms with Gasteiger partial charge >= 0.3 is 6.18 Å². The highest BCUT2D eigenvalue weighted by Gasteiger charge is 2.37. The lowest BCUT2D eigenvalue weighted by atomic mass is 9.90. The van der Waals surface area contributed by atoms with Gasteiger partial charge < -0.3 is 9.30 Å². The molecule has 0 bridgehead atoms. The zero-order chi connectivity index (χ0) is 26.1. The van der Waals surface area contributed by atoms with E-state index in [2.05, 4.69) is 9.97 Å². The average molecular weight is 504 g/mol. The zero-order valence-electron chi connectivity index (χ0n) is 19.9. The Morgan fingerprint density at radius 2 is 1.97 bits per heavy atom. The van der Waals surface area contributed by atoms with Gasteiger partial charge in [0.25, 0.3) is 0 Å². The summed E-state index contributed by atoms with van der Waals surface area (Å²) in [6.45, 7) is 2.36. The number of imidazole rings is 1. The van der Waals surface area contributed by atoms with Crippen LogP contribution >= 0.6 is 0 Å². The number of aryl methyl sites for hydroxylation is 1. The molecule has 0 atom stereocenters. The van der Waals surface area contributed by atoms with Crippen molar-refractivity contribution in [2.45, 2.75) is 38.0 Å². The number of ketones is 1. The van der Waals surface area contributed by atoms with Crippen molar-refractivity contribution in [2.75, 3.05) is 26.2 Å². The third-order valence-corrected chi connectivity index (χ3v) is 6.41. The molecule has 1 aliphatic rings. The molecule has 1 aromatic carbocycles. The van der Waals surface area contributed by atoms with E-state index in [-0.39, 0.29) is 55.1 Å². The number of nitriles is 1. The molecule has 0 amide bonds. The molecule has 4 rings (SSSR count). The molecule has 0 saturated carbocycles. The van der Waals surface area contributed by atoms with E-state index in [0.29, 0.717) is 24.1 Å². The molecule has 0 spiro atoms. The standard InChI is InChI=1S/C25H25F4N5O2/c1-16(35)14-34-8-5-24(26,6-9-34)7-10-36-22-4-3-17(11-18(22)25(27,28)29)19-12-21-23(20(13-30)32-19)31-15-33(21)2/h3-4,11-12,15H,5-10,14H2,1-2H3. The largest absolute Gasteiger partial charge is 0.493 e. The van der Waals surface area contributed by atoms with E-state index >= 15 is 4.39 Å². The third-order valence-electron chi connectivity index (χ3n) is 6.41. The lowest BCUT2D eigenvalue weighted by molar-refractivity contribution is -0.139. The van der Waals surface area contributed by atoms with Crippen LogP contribution in [0, 0.1) is 11.3 Å². The zero-order valence-corrected chi connectivity index (χ0v) is 19.9. The van der Waals surface area contributed by atoms with Gasteiger partial charge in [-0.05, 0) is 44.0 Å². The number of ether oxygens (including phenoxy) is 1. The highest BCUT2D eigenvalue weighted by Crippen LogP contribution is 2.39. The van der Waals surface area contributed by atoms with Crippen molar-refractivity contribution in [1.29, 1.82) is 5.26 Å². The number of nitrogens with zero attached hydrogens (tertiary/aromatic N) is 5. The minimum atomic E-state index is -4.72. The Labute approximate surface area is 205 Å². The van der Waals surface area contributed by atoms with Gasteiger partial charge in [0.1, 0.15) is 28.8 Å². The first-order valence-electron chi connectivity index (χ1n) is 11.5. The van der Waals surface area contributed by atoms with Gasteiger partial charge in [-0.2, -0.15) is 18.4 Å². The fourth-order valence-corrected chi connectivity index (χ4v) is 4.41. The van der Waals surface area contributed by atoms with Crippen molar-refractivity contribution < 1.29 is 27.1 Å². The molecule has 11 heteroatoms. The van der Waals surface area contributed by atoms with Gasteiger partial charge in [-0.25, -0.2) is 14.4 Å². The highest BCUT2D eigenvalue weighted by atomic mass is 19.4. The van der Waals surface area contributed by atoms with E-state index in [1.54, 1.807) is 17.7 Å². The molecule has 3 aromatic rings. The number of pyridine rings is 1. The summed E-state index contributed by atoms with van der Waals surface area (Å²) in [4.78, 5) is 21.4. The molecule has 1 aliphatic heterocycles. The molecule has 0 aliphatic carbocycles. The van der Waals surface area contributed by atoms with Crippen LogP contribution in [-0.2, 0) is 18.0 Å². The van der Waals surface area contributed by atoms with E-state index in [1.807, 2.05) is 11.0 Å². The molecule has 2 aromatic heterocycles. The van der Waals surface area contributed by atoms with Gasteiger partial charge in [-0.3, -0.25) is 9.69 Å². The molecule has 3 heterocycles. The summed E-state index contributed by atoms with van der Waals surface area (Å²) in [5, 5.41) is 9.41. The quantitative estimate of drug-likeness (QED) is 0.435. The van der Waals surface area contributed by atoms with Gasteiger partial charge in [-0.15, -0.1) is 0 Å². The van der Waals surface area contributed by atoms with Gasteiger partial charge in [0, 0.05) is 32.1 Å². The monoisotopic (exact) mass is 503 g/mol. The van der Waals surface area contributed by atoms with Crippen molar-refractivity contribution in [3.63, 3.8) is 0 Å². The Hall–Kier alpha value is -3.52. The number of benzene rings is 1. The lowest BCUT2D eigenvalue weighted by Crippen LogP contribution is -2.44. The van der Waals surface area contributed by atoms with Crippen molar-refractivity contribution in [2.24, 2.45) is 7.05 Å². The fourth-order valence-electron chi connectivity index (χ4n) is 4.41. The summed E-state index contributed by atoms with van der Waals surface area (Å²) < 4.78 is 63.9. The highest BCUT2D eigenvalue weighted by molar-refractivity contribution is 5.84. The smallest absolute Gasteiger partial charge is 0.419 e. The number of rotatable bonds is 7. The van der Waals surface area contributed by atoms with Crippen LogP contribution in [-0.4, -0.2) is 57.1 Å². The number of likely N-dealkylation sites (tertiary alicyclic amines) is 1. The number of carbonyl (C=O) groups is 1. The summed E-state index contributed by atoms with van der Waals surface area (Å²) >= 11 is 0. The molecule has 1 saturated heterocycles. The lowest BCUT2D eigenvalue weighted by Gasteiger charge is -2.36. The minimum Gasteiger partial charge on any atom is -0.493 e. The number of hydrogen-bond acceptors (Lipinski definition) is 6. The molecule has 0 unspecified atom stereocenters. The second kappa shape index (κ2) is 9.85. The second-order valence-electron chi connectivity index (χ2n) is 9.13. The third kappa shape index (κ3) is 5.49. The van der Waals surface area contributed by atoms with Crippen LogP contribution < -0.4 is 4.74 Å². The van der Waals surface area contributed by atoms with E-state index < -0.39 is 23.2 Å². The number of halogens is 4. The maximum atomic E-state index is 15.2. The predicted octanol–water partition coefficient (Wildman–Crippen LogP) is 4.69. The van der Waals surface area contributed by atoms with Crippen LogP contribution in [0.4, 0.5) is 17.6 Å². The Morgan fingerprint density at radius 1 is 1.25 bits per heavy atom. The topological polar surface area (TPSA) is 84.0 Å². The van der Waals surface area contributed by atoms with Crippen LogP contribution in [0.15, 0.2) is 30.6 Å². The number of aromatic nitrogens is 3. The summed E-state index contributed by atoms with van der Waals surface area (Å²) in [6.07, 6.45) is -2.88. The first-order valence-corrected chi connectivity index (χ1v) is 11.5. The number of carbonyl (C=O) groups excluding carboxylic acids is 1. The molecule has 36 heavy (non-hydrogen) atoms. The SMILES string of the molecule is CC(=O)CN1CCC(F)(CCOc2ccc(-c3cc4c(ncn4C)c(C#N)n3)cc2C(F)(F)F)CC1. The second-order valence-corrected chi connectivity index (χ2v) is 9.13. The Kier molecular flexibility index (Phi) is 7.00. The molecular formula is C25H25F4N5O2. The maximum absolute atomic E-state index is 15.2. The van der Waals surface area contributed by atoms with Gasteiger partial charge in [0.05, 0.1) is 36.3 Å². The van der Waals surface area contributed by atoms with Crippen LogP contribution in [0.2, 0.25) is 0 Å². The summed E-state index contributed by atoms with van der Waals surface area (Å²) in [5.41, 5.74) is -1.26. The molecular weight excluding hydrogens is 478 g/mol. The summed E-state index contributed by atoms with van der Waals surface area (Å²) in [5.74, 6) is -0.391. The first kappa shape index (κ1) is 25.6. The van der Waals surface area contributed by atoms with E-state index in [0.717, 1.165) is 6.07 Å². The Balaban J connectivity index is 1.52. The Morgan fingerprint density at radius 3 is 2.61 bits per heavy atom. The van der Waals surface area contributed by atoms with Crippen LogP contribution in [0.3, 0.4) is 0 Å². The molecule has 0 radical (unpaired) electrons. The normalized spacial score (nSPS) is 16.1. The van der Waals surface area contributed by atoms with Crippen molar-refractivity contribution in [3.05, 3.63) is 41.9 Å². The van der Waals surface area contributed by atoms with Crippen LogP contribution in [0.25, 0.3) is 22.3 Å². The predicted molar refractivity (Wildman–Crippen MR) is 124 cm³/mol. The molecule has 190 valence electrons. The number of alkyl halides is 4. The number of Topliss-reactive ketones (excluding diaryl/α,β-unsaturated/α-hetero) is 1. The number of hydrogen-bond donors (Lipinski definition) is 0. The van der Waals surface area contributed by atoms with Gasteiger partial charge in [0.2, 0.25) is 0 Å². The Bertz CT molecular complexity index is 1320. The van der Waals surface area contributed by atoms with Crippen molar-refractivity contribution in [3.8, 4) is 23.1 Å². The van der Waals surface area contributed by atoms with Gasteiger partial charge in [0.15, 0.2) is 5.69 Å². The number of piperidine rings is 1. The molecule has 0 N–H and O–H groups in total. The van der Waals surface area contributed by atoms with E-state index in [9.17, 15) is 23.2 Å². The average Bonchev–Trinajstić information content (AvgIpc) is 3.20. The maximum Gasteiger partial charge on any atom is 0.419 e. The number of fused-ring (bicyclic) bond motifs is 1. The fraction of sp³-hybridized carbons (Fsp3) is 0.440. The molecule has 1 fully saturated rings. The summed E-state index contributed by atoms with van der Waals surface area (Å²) in [7, 11) is 1.71. The first-order chi connectivity index (χ1) is 17.0. The van der Waals surface area contributed by atoms with E-state index in [1.165, 1.54) is 25.4 Å². The summed E-state index contributed by atoms with van der Waals surface area (Å²) in [6, 6.07) is 7.06. The van der Waals surface area contributed by atoms with Gasteiger partial charge in [-0.1, -0.05) is 0 Å².